The van der Waals surface area contributed by atoms with E-state index < -0.39 is 6.04 Å². The van der Waals surface area contributed by atoms with Gasteiger partial charge in [-0.25, -0.2) is 0 Å². The van der Waals surface area contributed by atoms with Gasteiger partial charge in [-0.1, -0.05) is 85.6 Å². The molecule has 38 heavy (non-hydrogen) atoms. The molecule has 0 aliphatic carbocycles. The molecule has 0 spiro atoms. The Bertz CT molecular complexity index is 1180. The lowest BCUT2D eigenvalue weighted by Gasteiger charge is -2.32. The summed E-state index contributed by atoms with van der Waals surface area (Å²) in [6, 6.07) is 23.4. The van der Waals surface area contributed by atoms with Crippen molar-refractivity contribution in [3.05, 3.63) is 101 Å². The van der Waals surface area contributed by atoms with Crippen LogP contribution in [0, 0.1) is 19.8 Å². The van der Waals surface area contributed by atoms with Crippen molar-refractivity contribution in [2.45, 2.75) is 52.5 Å². The quantitative estimate of drug-likeness (QED) is 0.295. The van der Waals surface area contributed by atoms with Crippen LogP contribution in [-0.2, 0) is 28.3 Å². The van der Waals surface area contributed by atoms with Crippen molar-refractivity contribution < 1.29 is 14.3 Å². The minimum Gasteiger partial charge on any atom is -0.497 e. The minimum atomic E-state index is -0.628. The van der Waals surface area contributed by atoms with Crippen LogP contribution in [0.15, 0.2) is 72.8 Å². The van der Waals surface area contributed by atoms with Gasteiger partial charge in [0.1, 0.15) is 11.8 Å². The number of amides is 2. The van der Waals surface area contributed by atoms with E-state index in [1.165, 1.54) is 16.7 Å². The van der Waals surface area contributed by atoms with Crippen LogP contribution in [0.25, 0.3) is 0 Å². The minimum absolute atomic E-state index is 0.0529. The molecule has 1 atom stereocenters. The second-order valence-electron chi connectivity index (χ2n) is 10.2. The van der Waals surface area contributed by atoms with E-state index in [9.17, 15) is 9.59 Å². The zero-order valence-electron chi connectivity index (χ0n) is 23.2. The van der Waals surface area contributed by atoms with E-state index in [1.54, 1.807) is 23.8 Å². The summed E-state index contributed by atoms with van der Waals surface area (Å²) in [6.45, 7) is 9.20. The highest BCUT2D eigenvalue weighted by Crippen LogP contribution is 2.21. The average Bonchev–Trinajstić information content (AvgIpc) is 2.89. The van der Waals surface area contributed by atoms with Gasteiger partial charge in [-0.15, -0.1) is 11.8 Å². The zero-order valence-corrected chi connectivity index (χ0v) is 24.0. The highest BCUT2D eigenvalue weighted by molar-refractivity contribution is 7.99. The average molecular weight is 533 g/mol. The summed E-state index contributed by atoms with van der Waals surface area (Å²) in [5, 5.41) is 3.08. The lowest BCUT2D eigenvalue weighted by atomic mass is 10.0. The normalized spacial score (nSPS) is 11.7. The SMILES string of the molecule is COc1cccc(CN(C(=O)CSCc2cc(C)cc(C)c2)[C@H](Cc2ccccc2)C(=O)NCC(C)C)c1. The predicted octanol–water partition coefficient (Wildman–Crippen LogP) is 5.96. The van der Waals surface area contributed by atoms with Crippen molar-refractivity contribution >= 4 is 23.6 Å². The molecule has 2 amide bonds. The number of carbonyl (C=O) groups is 2. The number of nitrogens with zero attached hydrogens (tertiary/aromatic N) is 1. The maximum atomic E-state index is 13.8. The fourth-order valence-electron chi connectivity index (χ4n) is 4.44. The van der Waals surface area contributed by atoms with Crippen LogP contribution < -0.4 is 10.1 Å². The fourth-order valence-corrected chi connectivity index (χ4v) is 5.28. The summed E-state index contributed by atoms with van der Waals surface area (Å²) in [5.41, 5.74) is 5.58. The number of thioether (sulfide) groups is 1. The van der Waals surface area contributed by atoms with Crippen LogP contribution >= 0.6 is 11.8 Å². The van der Waals surface area contributed by atoms with Crippen LogP contribution in [-0.4, -0.2) is 42.2 Å². The summed E-state index contributed by atoms with van der Waals surface area (Å²) in [6.07, 6.45) is 0.447. The molecule has 5 nitrogen and oxygen atoms in total. The molecule has 3 aromatic rings. The van der Waals surface area contributed by atoms with Gasteiger partial charge in [0, 0.05) is 25.3 Å². The Morgan fingerprint density at radius 2 is 1.58 bits per heavy atom. The van der Waals surface area contributed by atoms with Crippen LogP contribution in [0.4, 0.5) is 0 Å². The fraction of sp³-hybridized carbons (Fsp3) is 0.375. The van der Waals surface area contributed by atoms with Gasteiger partial charge in [-0.05, 0) is 48.6 Å². The Morgan fingerprint density at radius 3 is 2.24 bits per heavy atom. The number of hydrogen-bond acceptors (Lipinski definition) is 4. The van der Waals surface area contributed by atoms with E-state index in [0.29, 0.717) is 31.2 Å². The lowest BCUT2D eigenvalue weighted by Crippen LogP contribution is -2.51. The van der Waals surface area contributed by atoms with Crippen molar-refractivity contribution in [1.82, 2.24) is 10.2 Å². The number of carbonyl (C=O) groups excluding carboxylic acids is 2. The van der Waals surface area contributed by atoms with Crippen LogP contribution in [0.5, 0.6) is 5.75 Å². The molecule has 0 saturated carbocycles. The van der Waals surface area contributed by atoms with Crippen LogP contribution in [0.1, 0.15) is 41.7 Å². The Kier molecular flexibility index (Phi) is 11.3. The summed E-state index contributed by atoms with van der Waals surface area (Å²) >= 11 is 1.58. The van der Waals surface area contributed by atoms with E-state index in [4.69, 9.17) is 4.74 Å². The smallest absolute Gasteiger partial charge is 0.243 e. The van der Waals surface area contributed by atoms with E-state index in [1.807, 2.05) is 54.6 Å². The third-order valence-electron chi connectivity index (χ3n) is 6.22. The number of methoxy groups -OCH3 is 1. The van der Waals surface area contributed by atoms with E-state index in [2.05, 4.69) is 51.2 Å². The molecule has 0 bridgehead atoms. The predicted molar refractivity (Wildman–Crippen MR) is 157 cm³/mol. The van der Waals surface area contributed by atoms with Crippen LogP contribution in [0.3, 0.4) is 0 Å². The first kappa shape index (κ1) is 29.3. The molecule has 0 unspecified atom stereocenters. The second-order valence-corrected chi connectivity index (χ2v) is 11.2. The zero-order chi connectivity index (χ0) is 27.5. The van der Waals surface area contributed by atoms with E-state index in [-0.39, 0.29) is 11.8 Å². The second kappa shape index (κ2) is 14.6. The van der Waals surface area contributed by atoms with Gasteiger partial charge in [0.25, 0.3) is 0 Å². The number of benzene rings is 3. The number of aryl methyl sites for hydroxylation is 2. The number of rotatable bonds is 13. The van der Waals surface area contributed by atoms with Crippen molar-refractivity contribution in [2.24, 2.45) is 5.92 Å². The van der Waals surface area contributed by atoms with Gasteiger partial charge in [0.2, 0.25) is 11.8 Å². The third kappa shape index (κ3) is 9.25. The molecule has 0 saturated heterocycles. The molecule has 0 heterocycles. The highest BCUT2D eigenvalue weighted by atomic mass is 32.2. The van der Waals surface area contributed by atoms with Crippen molar-refractivity contribution in [2.75, 3.05) is 19.4 Å². The van der Waals surface area contributed by atoms with Crippen molar-refractivity contribution in [3.8, 4) is 5.75 Å². The highest BCUT2D eigenvalue weighted by Gasteiger charge is 2.30. The monoisotopic (exact) mass is 532 g/mol. The van der Waals surface area contributed by atoms with Crippen LogP contribution in [0.2, 0.25) is 0 Å². The molecule has 202 valence electrons. The first-order valence-electron chi connectivity index (χ1n) is 13.1. The molecule has 6 heteroatoms. The van der Waals surface area contributed by atoms with Crippen molar-refractivity contribution in [1.29, 1.82) is 0 Å². The summed E-state index contributed by atoms with van der Waals surface area (Å²) < 4.78 is 5.41. The van der Waals surface area contributed by atoms with Gasteiger partial charge in [-0.3, -0.25) is 9.59 Å². The molecule has 3 aromatic carbocycles. The molecular formula is C32H40N2O3S. The topological polar surface area (TPSA) is 58.6 Å². The maximum Gasteiger partial charge on any atom is 0.243 e. The Morgan fingerprint density at radius 1 is 0.895 bits per heavy atom. The standard InChI is InChI=1S/C32H40N2O3S/c1-23(2)19-33-32(36)30(18-26-10-7-6-8-11-26)34(20-27-12-9-13-29(17-27)37-5)31(35)22-38-21-28-15-24(3)14-25(4)16-28/h6-17,23,30H,18-22H2,1-5H3,(H,33,36)/t30-/m1/s1. The molecule has 0 aliphatic heterocycles. The number of hydrogen-bond donors (Lipinski definition) is 1. The molecule has 0 aliphatic rings. The van der Waals surface area contributed by atoms with Gasteiger partial charge in [-0.2, -0.15) is 0 Å². The summed E-state index contributed by atoms with van der Waals surface area (Å²) in [4.78, 5) is 29.1. The summed E-state index contributed by atoms with van der Waals surface area (Å²) in [5.74, 6) is 1.89. The Hall–Kier alpha value is -3.25. The molecule has 0 fully saturated rings. The van der Waals surface area contributed by atoms with Gasteiger partial charge in [0.05, 0.1) is 12.9 Å². The Labute approximate surface area is 232 Å². The Balaban J connectivity index is 1.86. The van der Waals surface area contributed by atoms with Gasteiger partial charge >= 0.3 is 0 Å². The molecular weight excluding hydrogens is 492 g/mol. The molecule has 1 N–H and O–H groups in total. The van der Waals surface area contributed by atoms with Gasteiger partial charge < -0.3 is 15.0 Å². The maximum absolute atomic E-state index is 13.8. The number of nitrogens with one attached hydrogen (secondary N) is 1. The lowest BCUT2D eigenvalue weighted by molar-refractivity contribution is -0.139. The third-order valence-corrected chi connectivity index (χ3v) is 7.21. The molecule has 0 aromatic heterocycles. The first-order chi connectivity index (χ1) is 18.2. The number of ether oxygens (including phenoxy) is 1. The van der Waals surface area contributed by atoms with Crippen molar-refractivity contribution in [3.63, 3.8) is 0 Å². The molecule has 0 radical (unpaired) electrons. The van der Waals surface area contributed by atoms with Gasteiger partial charge in [0.15, 0.2) is 0 Å². The molecule has 3 rings (SSSR count). The first-order valence-corrected chi connectivity index (χ1v) is 14.3. The largest absolute Gasteiger partial charge is 0.497 e. The summed E-state index contributed by atoms with van der Waals surface area (Å²) in [7, 11) is 1.63. The van der Waals surface area contributed by atoms with E-state index >= 15 is 0 Å². The van der Waals surface area contributed by atoms with E-state index in [0.717, 1.165) is 22.6 Å².